The fraction of sp³-hybridized carbons (Fsp3) is 0.667. The summed E-state index contributed by atoms with van der Waals surface area (Å²) in [5, 5.41) is 0. The van der Waals surface area contributed by atoms with E-state index in [1.54, 1.807) is 6.08 Å². The van der Waals surface area contributed by atoms with Gasteiger partial charge >= 0.3 is 0 Å². The van der Waals surface area contributed by atoms with Crippen LogP contribution >= 0.6 is 0 Å². The average molecular weight is 709 g/mol. The van der Waals surface area contributed by atoms with E-state index in [1.807, 2.05) is 36.4 Å². The molecule has 0 N–H and O–H groups in total. The van der Waals surface area contributed by atoms with Crippen molar-refractivity contribution in [3.05, 3.63) is 47.5 Å². The predicted molar refractivity (Wildman–Crippen MR) is 214 cm³/mol. The van der Waals surface area contributed by atoms with Gasteiger partial charge in [0.2, 0.25) is 0 Å². The molecule has 6 nitrogen and oxygen atoms in total. The molecule has 0 radical (unpaired) electrons. The minimum atomic E-state index is -0.193. The minimum Gasteiger partial charge on any atom is -0.490 e. The highest BCUT2D eigenvalue weighted by Crippen LogP contribution is 2.42. The molecular formula is C45H72O6. The summed E-state index contributed by atoms with van der Waals surface area (Å²) in [5.41, 5.74) is 1.23. The Bertz CT molecular complexity index is 1290. The van der Waals surface area contributed by atoms with Crippen LogP contribution in [0.3, 0.4) is 0 Å². The van der Waals surface area contributed by atoms with Crippen LogP contribution in [0.4, 0.5) is 0 Å². The summed E-state index contributed by atoms with van der Waals surface area (Å²) < 4.78 is 33.0. The first-order valence-corrected chi connectivity index (χ1v) is 20.6. The van der Waals surface area contributed by atoms with Crippen molar-refractivity contribution in [1.82, 2.24) is 0 Å². The van der Waals surface area contributed by atoms with Crippen LogP contribution in [-0.2, 0) is 0 Å². The number of rotatable bonds is 28. The van der Waals surface area contributed by atoms with Gasteiger partial charge in [0.25, 0.3) is 0 Å². The molecule has 0 heterocycles. The molecule has 0 aliphatic rings. The Morgan fingerprint density at radius 1 is 0.510 bits per heavy atom. The van der Waals surface area contributed by atoms with Gasteiger partial charge in [0.05, 0.1) is 30.5 Å². The molecule has 0 bridgehead atoms. The standard InChI is InChI=1S/C45H72O6/c1-11-21-34(16-6)47-39-27-29-41(48-35(17-7)22-12-2)33(32-39)26-28-40(46)44-42(49-36(18-8)23-13-3)30-31-43(50-37(19-9)24-14-4)45(44)51-38(20-10)25-15-5/h26-32,34-38H,11-25H2,1-10H3. The average Bonchev–Trinajstić information content (AvgIpc) is 3.14. The number of benzene rings is 2. The van der Waals surface area contributed by atoms with Crippen LogP contribution in [-0.4, -0.2) is 36.3 Å². The smallest absolute Gasteiger partial charge is 0.193 e. The molecule has 0 aromatic heterocycles. The second kappa shape index (κ2) is 24.9. The molecular weight excluding hydrogens is 636 g/mol. The number of ether oxygens (including phenoxy) is 5. The molecule has 0 spiro atoms. The Morgan fingerprint density at radius 3 is 1.37 bits per heavy atom. The van der Waals surface area contributed by atoms with Gasteiger partial charge in [0, 0.05) is 5.56 Å². The first-order valence-electron chi connectivity index (χ1n) is 20.6. The second-order valence-corrected chi connectivity index (χ2v) is 13.8. The molecule has 0 saturated carbocycles. The Labute approximate surface area is 312 Å². The van der Waals surface area contributed by atoms with Gasteiger partial charge in [-0.3, -0.25) is 4.79 Å². The van der Waals surface area contributed by atoms with Crippen LogP contribution in [0.5, 0.6) is 28.7 Å². The Balaban J connectivity index is 2.79. The Kier molecular flexibility index (Phi) is 21.5. The molecule has 2 rings (SSSR count). The summed E-state index contributed by atoms with van der Waals surface area (Å²) in [4.78, 5) is 14.7. The number of carbonyl (C=O) groups excluding carboxylic acids is 1. The second-order valence-electron chi connectivity index (χ2n) is 13.8. The van der Waals surface area contributed by atoms with Crippen molar-refractivity contribution in [2.24, 2.45) is 0 Å². The van der Waals surface area contributed by atoms with E-state index in [2.05, 4.69) is 69.2 Å². The van der Waals surface area contributed by atoms with E-state index >= 15 is 0 Å². The Morgan fingerprint density at radius 2 is 0.902 bits per heavy atom. The van der Waals surface area contributed by atoms with E-state index in [4.69, 9.17) is 23.7 Å². The monoisotopic (exact) mass is 709 g/mol. The first kappa shape index (κ1) is 44.0. The highest BCUT2D eigenvalue weighted by Gasteiger charge is 2.27. The minimum absolute atomic E-state index is 0.0146. The predicted octanol–water partition coefficient (Wildman–Crippen LogP) is 13.4. The topological polar surface area (TPSA) is 63.2 Å². The van der Waals surface area contributed by atoms with Crippen molar-refractivity contribution in [2.45, 2.75) is 196 Å². The maximum atomic E-state index is 14.7. The van der Waals surface area contributed by atoms with Gasteiger partial charge in [0.1, 0.15) is 22.8 Å². The van der Waals surface area contributed by atoms with Crippen LogP contribution in [0.2, 0.25) is 0 Å². The SMILES string of the molecule is CCCC(CC)Oc1ccc(OC(CC)CCC)c(C=CC(=O)c2c(OC(CC)CCC)ccc(OC(CC)CCC)c2OC(CC)CCC)c1. The van der Waals surface area contributed by atoms with Gasteiger partial charge < -0.3 is 23.7 Å². The molecule has 0 amide bonds. The lowest BCUT2D eigenvalue weighted by Gasteiger charge is -2.26. The fourth-order valence-corrected chi connectivity index (χ4v) is 6.41. The lowest BCUT2D eigenvalue weighted by atomic mass is 10.0. The van der Waals surface area contributed by atoms with Crippen molar-refractivity contribution in [3.63, 3.8) is 0 Å². The van der Waals surface area contributed by atoms with E-state index in [9.17, 15) is 4.79 Å². The van der Waals surface area contributed by atoms with Crippen molar-refractivity contribution < 1.29 is 28.5 Å². The van der Waals surface area contributed by atoms with E-state index < -0.39 is 0 Å². The number of hydrogen-bond donors (Lipinski definition) is 0. The zero-order valence-electron chi connectivity index (χ0n) is 34.0. The molecule has 0 aliphatic carbocycles. The summed E-state index contributed by atoms with van der Waals surface area (Å²) in [5.74, 6) is 2.95. The summed E-state index contributed by atoms with van der Waals surface area (Å²) in [7, 11) is 0. The highest BCUT2D eigenvalue weighted by atomic mass is 16.5. The summed E-state index contributed by atoms with van der Waals surface area (Å²) in [6, 6.07) is 9.82. The van der Waals surface area contributed by atoms with Gasteiger partial charge in [0.15, 0.2) is 17.3 Å². The molecule has 2 aromatic rings. The third-order valence-corrected chi connectivity index (χ3v) is 9.52. The summed E-state index contributed by atoms with van der Waals surface area (Å²) >= 11 is 0. The highest BCUT2D eigenvalue weighted by molar-refractivity contribution is 6.11. The molecule has 0 aliphatic heterocycles. The molecule has 0 saturated heterocycles. The van der Waals surface area contributed by atoms with E-state index in [1.165, 1.54) is 0 Å². The third kappa shape index (κ3) is 14.4. The van der Waals surface area contributed by atoms with Crippen LogP contribution in [0, 0.1) is 0 Å². The largest absolute Gasteiger partial charge is 0.490 e. The molecule has 6 heteroatoms. The zero-order chi connectivity index (χ0) is 37.6. The van der Waals surface area contributed by atoms with Crippen molar-refractivity contribution in [1.29, 1.82) is 0 Å². The third-order valence-electron chi connectivity index (χ3n) is 9.52. The molecule has 0 fully saturated rings. The van der Waals surface area contributed by atoms with Crippen molar-refractivity contribution in [3.8, 4) is 28.7 Å². The van der Waals surface area contributed by atoms with Crippen molar-refractivity contribution >= 4 is 11.9 Å². The Hall–Kier alpha value is -3.15. The van der Waals surface area contributed by atoms with Crippen LogP contribution < -0.4 is 23.7 Å². The summed E-state index contributed by atoms with van der Waals surface area (Å²) in [6.45, 7) is 21.6. The summed E-state index contributed by atoms with van der Waals surface area (Å²) in [6.07, 6.45) is 17.8. The van der Waals surface area contributed by atoms with Crippen molar-refractivity contribution in [2.75, 3.05) is 0 Å². The van der Waals surface area contributed by atoms with Crippen LogP contribution in [0.25, 0.3) is 6.08 Å². The maximum Gasteiger partial charge on any atom is 0.193 e. The molecule has 51 heavy (non-hydrogen) atoms. The van der Waals surface area contributed by atoms with E-state index in [-0.39, 0.29) is 36.3 Å². The van der Waals surface area contributed by atoms with Gasteiger partial charge in [-0.15, -0.1) is 0 Å². The quantitative estimate of drug-likeness (QED) is 0.0648. The van der Waals surface area contributed by atoms with Gasteiger partial charge in [-0.1, -0.05) is 101 Å². The molecule has 288 valence electrons. The zero-order valence-corrected chi connectivity index (χ0v) is 34.0. The maximum absolute atomic E-state index is 14.7. The molecule has 5 unspecified atom stereocenters. The van der Waals surface area contributed by atoms with E-state index in [0.29, 0.717) is 22.8 Å². The molecule has 2 aromatic carbocycles. The number of ketones is 1. The van der Waals surface area contributed by atoms with Gasteiger partial charge in [-0.25, -0.2) is 0 Å². The first-order chi connectivity index (χ1) is 24.7. The number of carbonyl (C=O) groups is 1. The van der Waals surface area contributed by atoms with Gasteiger partial charge in [-0.2, -0.15) is 0 Å². The number of hydrogen-bond acceptors (Lipinski definition) is 6. The molecule has 5 atom stereocenters. The van der Waals surface area contributed by atoms with E-state index in [0.717, 1.165) is 113 Å². The van der Waals surface area contributed by atoms with Crippen LogP contribution in [0.1, 0.15) is 181 Å². The number of allylic oxidation sites excluding steroid dienone is 1. The fourth-order valence-electron chi connectivity index (χ4n) is 6.41. The lowest BCUT2D eigenvalue weighted by Crippen LogP contribution is -2.22. The normalized spacial score (nSPS) is 14.5. The van der Waals surface area contributed by atoms with Gasteiger partial charge in [-0.05, 0) is 107 Å². The van der Waals surface area contributed by atoms with Crippen LogP contribution in [0.15, 0.2) is 36.4 Å². The lowest BCUT2D eigenvalue weighted by molar-refractivity contribution is 0.102.